The number of carbonyl (C=O) groups is 2. The van der Waals surface area contributed by atoms with Crippen LogP contribution in [0.15, 0.2) is 18.3 Å². The van der Waals surface area contributed by atoms with Crippen molar-refractivity contribution in [3.8, 4) is 17.5 Å². The number of anilines is 1. The largest absolute Gasteiger partial charge is 0.505 e. The van der Waals surface area contributed by atoms with Crippen molar-refractivity contribution in [1.82, 2.24) is 4.57 Å². The van der Waals surface area contributed by atoms with Gasteiger partial charge in [-0.3, -0.25) is 0 Å². The van der Waals surface area contributed by atoms with Gasteiger partial charge in [-0.25, -0.2) is 14.0 Å². The number of nitriles is 1. The van der Waals surface area contributed by atoms with E-state index < -0.39 is 29.1 Å². The number of rotatable bonds is 3. The molecule has 0 unspecified atom stereocenters. The van der Waals surface area contributed by atoms with Crippen molar-refractivity contribution >= 4 is 17.6 Å². The number of nitrogen functional groups attached to an aromatic ring is 1. The van der Waals surface area contributed by atoms with E-state index in [0.717, 1.165) is 30.0 Å². The van der Waals surface area contributed by atoms with Gasteiger partial charge in [-0.05, 0) is 12.1 Å². The molecule has 0 aliphatic rings. The van der Waals surface area contributed by atoms with Crippen LogP contribution >= 0.6 is 0 Å². The van der Waals surface area contributed by atoms with Crippen LogP contribution < -0.4 is 5.73 Å². The van der Waals surface area contributed by atoms with Gasteiger partial charge >= 0.3 is 11.9 Å². The van der Waals surface area contributed by atoms with Gasteiger partial charge in [-0.15, -0.1) is 0 Å². The molecule has 23 heavy (non-hydrogen) atoms. The molecule has 1 aromatic heterocycles. The van der Waals surface area contributed by atoms with Crippen molar-refractivity contribution in [3.05, 3.63) is 41.0 Å². The summed E-state index contributed by atoms with van der Waals surface area (Å²) in [5.74, 6) is -4.67. The predicted octanol–water partition coefficient (Wildman–Crippen LogP) is 1.26. The van der Waals surface area contributed by atoms with Crippen molar-refractivity contribution in [2.45, 2.75) is 0 Å². The molecule has 1 aromatic carbocycles. The van der Waals surface area contributed by atoms with Gasteiger partial charge in [-0.1, -0.05) is 0 Å². The molecule has 9 heteroatoms. The van der Waals surface area contributed by atoms with Gasteiger partial charge in [0, 0.05) is 6.20 Å². The van der Waals surface area contributed by atoms with Crippen LogP contribution in [0.5, 0.6) is 5.75 Å². The number of benzene rings is 1. The third-order valence-electron chi connectivity index (χ3n) is 3.12. The zero-order valence-corrected chi connectivity index (χ0v) is 11.7. The number of nitrogens with two attached hydrogens (primary N) is 1. The number of nitrogens with zero attached hydrogens (tertiary/aromatic N) is 2. The summed E-state index contributed by atoms with van der Waals surface area (Å²) < 4.78 is 19.1. The number of esters is 1. The summed E-state index contributed by atoms with van der Waals surface area (Å²) >= 11 is 0. The van der Waals surface area contributed by atoms with Crippen LogP contribution in [0.25, 0.3) is 5.69 Å². The van der Waals surface area contributed by atoms with E-state index in [9.17, 15) is 19.1 Å². The normalized spacial score (nSPS) is 10.1. The first-order valence-corrected chi connectivity index (χ1v) is 6.07. The van der Waals surface area contributed by atoms with Gasteiger partial charge in [-0.2, -0.15) is 5.26 Å². The lowest BCUT2D eigenvalue weighted by Gasteiger charge is -2.12. The fraction of sp³-hybridized carbons (Fsp3) is 0.0714. The molecule has 0 saturated heterocycles. The molecule has 0 aliphatic heterocycles. The highest BCUT2D eigenvalue weighted by Crippen LogP contribution is 2.33. The minimum atomic E-state index is -1.69. The summed E-state index contributed by atoms with van der Waals surface area (Å²) in [6.07, 6.45) is 1.11. The van der Waals surface area contributed by atoms with Gasteiger partial charge in [0.1, 0.15) is 17.4 Å². The summed E-state index contributed by atoms with van der Waals surface area (Å²) in [6, 6.07) is 3.60. The number of aromatic nitrogens is 1. The number of carboxylic acid groups (broad SMARTS) is 1. The minimum absolute atomic E-state index is 0.0917. The van der Waals surface area contributed by atoms with Crippen LogP contribution in [-0.2, 0) is 4.74 Å². The molecule has 0 saturated carbocycles. The number of aromatic hydroxyl groups is 1. The van der Waals surface area contributed by atoms with E-state index in [0.29, 0.717) is 0 Å². The third-order valence-corrected chi connectivity index (χ3v) is 3.12. The number of methoxy groups -OCH3 is 1. The molecule has 1 heterocycles. The molecule has 0 bridgehead atoms. The summed E-state index contributed by atoms with van der Waals surface area (Å²) in [6.45, 7) is 0. The van der Waals surface area contributed by atoms with Gasteiger partial charge in [0.2, 0.25) is 0 Å². The van der Waals surface area contributed by atoms with Gasteiger partial charge in [0.05, 0.1) is 24.0 Å². The lowest BCUT2D eigenvalue weighted by Crippen LogP contribution is -2.12. The number of carboxylic acids is 1. The Morgan fingerprint density at radius 1 is 1.43 bits per heavy atom. The molecule has 0 spiro atoms. The molecule has 0 aliphatic carbocycles. The topological polar surface area (TPSA) is 139 Å². The van der Waals surface area contributed by atoms with Crippen LogP contribution in [0.3, 0.4) is 0 Å². The smallest absolute Gasteiger partial charge is 0.357 e. The Morgan fingerprint density at radius 3 is 2.61 bits per heavy atom. The highest BCUT2D eigenvalue weighted by Gasteiger charge is 2.26. The minimum Gasteiger partial charge on any atom is -0.505 e. The summed E-state index contributed by atoms with van der Waals surface area (Å²) in [5.41, 5.74) is 3.89. The van der Waals surface area contributed by atoms with E-state index in [1.54, 1.807) is 6.07 Å². The van der Waals surface area contributed by atoms with Crippen molar-refractivity contribution in [3.63, 3.8) is 0 Å². The molecule has 0 atom stereocenters. The lowest BCUT2D eigenvalue weighted by molar-refractivity contribution is 0.0592. The Morgan fingerprint density at radius 2 is 2.09 bits per heavy atom. The van der Waals surface area contributed by atoms with Crippen LogP contribution in [0.4, 0.5) is 10.1 Å². The second kappa shape index (κ2) is 5.69. The molecule has 0 amide bonds. The number of ether oxygens (including phenoxy) is 1. The van der Waals surface area contributed by atoms with Crippen molar-refractivity contribution in [2.75, 3.05) is 12.8 Å². The fourth-order valence-electron chi connectivity index (χ4n) is 2.06. The molecule has 4 N–H and O–H groups in total. The predicted molar refractivity (Wildman–Crippen MR) is 74.8 cm³/mol. The Hall–Kier alpha value is -3.54. The van der Waals surface area contributed by atoms with Crippen molar-refractivity contribution < 1.29 is 28.9 Å². The Balaban J connectivity index is 2.83. The maximum atomic E-state index is 13.6. The highest BCUT2D eigenvalue weighted by molar-refractivity contribution is 5.97. The van der Waals surface area contributed by atoms with E-state index in [2.05, 4.69) is 4.74 Å². The maximum Gasteiger partial charge on any atom is 0.357 e. The van der Waals surface area contributed by atoms with Gasteiger partial charge < -0.3 is 25.3 Å². The van der Waals surface area contributed by atoms with E-state index in [1.165, 1.54) is 0 Å². The highest BCUT2D eigenvalue weighted by atomic mass is 19.1. The van der Waals surface area contributed by atoms with E-state index in [-0.39, 0.29) is 22.6 Å². The molecular weight excluding hydrogens is 309 g/mol. The molecule has 8 nitrogen and oxygen atoms in total. The average Bonchev–Trinajstić information content (AvgIpc) is 2.82. The average molecular weight is 319 g/mol. The number of phenols is 1. The number of carbonyl (C=O) groups excluding carboxylic acids is 1. The van der Waals surface area contributed by atoms with Crippen molar-refractivity contribution in [2.24, 2.45) is 0 Å². The first-order valence-electron chi connectivity index (χ1n) is 6.07. The molecule has 118 valence electrons. The number of halogens is 1. The lowest BCUT2D eigenvalue weighted by atomic mass is 10.1. The SMILES string of the molecule is COC(=O)c1c(N)c(C#N)cn1-c1ccc(F)c(C(=O)O)c1O. The second-order valence-corrected chi connectivity index (χ2v) is 4.37. The Kier molecular flexibility index (Phi) is 3.92. The summed E-state index contributed by atoms with van der Waals surface area (Å²) in [5, 5.41) is 28.0. The quantitative estimate of drug-likeness (QED) is 0.724. The molecule has 2 rings (SSSR count). The van der Waals surface area contributed by atoms with Gasteiger partial charge in [0.15, 0.2) is 11.4 Å². The molecule has 0 radical (unpaired) electrons. The van der Waals surface area contributed by atoms with Crippen LogP contribution in [0.1, 0.15) is 26.4 Å². The van der Waals surface area contributed by atoms with Crippen LogP contribution in [0.2, 0.25) is 0 Å². The van der Waals surface area contributed by atoms with Gasteiger partial charge in [0.25, 0.3) is 0 Å². The first kappa shape index (κ1) is 15.8. The summed E-state index contributed by atoms with van der Waals surface area (Å²) in [7, 11) is 1.08. The van der Waals surface area contributed by atoms with E-state index in [1.807, 2.05) is 0 Å². The van der Waals surface area contributed by atoms with Crippen LogP contribution in [-0.4, -0.2) is 33.8 Å². The second-order valence-electron chi connectivity index (χ2n) is 4.37. The maximum absolute atomic E-state index is 13.6. The first-order chi connectivity index (χ1) is 10.8. The van der Waals surface area contributed by atoms with Crippen molar-refractivity contribution in [1.29, 1.82) is 5.26 Å². The number of aromatic carboxylic acids is 1. The molecule has 0 fully saturated rings. The Bertz CT molecular complexity index is 866. The fourth-order valence-corrected chi connectivity index (χ4v) is 2.06. The molecular formula is C14H10FN3O5. The third kappa shape index (κ3) is 2.42. The standard InChI is InChI=1S/C14H10FN3O5/c1-23-14(22)11-10(17)6(4-16)5-18(11)8-3-2-7(15)9(12(8)19)13(20)21/h2-3,5,19H,17H2,1H3,(H,20,21). The van der Waals surface area contributed by atoms with Crippen LogP contribution in [0, 0.1) is 17.1 Å². The molecule has 2 aromatic rings. The summed E-state index contributed by atoms with van der Waals surface area (Å²) in [4.78, 5) is 22.9. The number of hydrogen-bond acceptors (Lipinski definition) is 6. The zero-order chi connectivity index (χ0) is 17.3. The van der Waals surface area contributed by atoms with E-state index in [4.69, 9.17) is 16.1 Å². The van der Waals surface area contributed by atoms with E-state index >= 15 is 0 Å². The zero-order valence-electron chi connectivity index (χ0n) is 11.7. The monoisotopic (exact) mass is 319 g/mol. The Labute approximate surface area is 128 Å². The number of hydrogen-bond donors (Lipinski definition) is 3.